The molecule has 2 aromatic heterocycles. The maximum absolute atomic E-state index is 12.5. The molecule has 3 aromatic rings. The second-order valence-electron chi connectivity index (χ2n) is 5.25. The topological polar surface area (TPSA) is 93.2 Å². The fraction of sp³-hybridized carbons (Fsp3) is 0.176. The van der Waals surface area contributed by atoms with Crippen molar-refractivity contribution in [3.8, 4) is 5.88 Å². The van der Waals surface area contributed by atoms with Crippen LogP contribution >= 0.6 is 22.9 Å². The number of fused-ring (bicyclic) bond motifs is 1. The maximum Gasteiger partial charge on any atom is 0.277 e. The quantitative estimate of drug-likeness (QED) is 0.687. The van der Waals surface area contributed by atoms with E-state index in [1.165, 1.54) is 18.3 Å². The van der Waals surface area contributed by atoms with Crippen LogP contribution in [0.5, 0.6) is 5.88 Å². The highest BCUT2D eigenvalue weighted by Gasteiger charge is 2.16. The maximum atomic E-state index is 12.5. The standard InChI is InChI=1S/C17H15ClN4O3S/c1-3-25-14-7-5-11(18)15(21-14)16(24)22-17-20-12-6-4-10(19-9(2)23)8-13(12)26-17/h4-8H,3H2,1-2H3,(H,19,23)(H,20,22,24). The highest BCUT2D eigenvalue weighted by Crippen LogP contribution is 2.29. The Hall–Kier alpha value is -2.71. The van der Waals surface area contributed by atoms with Crippen molar-refractivity contribution < 1.29 is 14.3 Å². The summed E-state index contributed by atoms with van der Waals surface area (Å²) in [6, 6.07) is 8.48. The fourth-order valence-electron chi connectivity index (χ4n) is 2.23. The van der Waals surface area contributed by atoms with Gasteiger partial charge >= 0.3 is 0 Å². The summed E-state index contributed by atoms with van der Waals surface area (Å²) in [6.07, 6.45) is 0. The lowest BCUT2D eigenvalue weighted by atomic mass is 10.3. The number of aromatic nitrogens is 2. The van der Waals surface area contributed by atoms with E-state index < -0.39 is 5.91 Å². The van der Waals surface area contributed by atoms with Gasteiger partial charge in [-0.3, -0.25) is 14.9 Å². The molecule has 0 bridgehead atoms. The zero-order chi connectivity index (χ0) is 18.7. The van der Waals surface area contributed by atoms with Gasteiger partial charge < -0.3 is 10.1 Å². The largest absolute Gasteiger partial charge is 0.478 e. The molecule has 0 fully saturated rings. The molecule has 134 valence electrons. The number of benzene rings is 1. The molecule has 26 heavy (non-hydrogen) atoms. The van der Waals surface area contributed by atoms with E-state index in [0.717, 1.165) is 4.70 Å². The van der Waals surface area contributed by atoms with Crippen molar-refractivity contribution in [1.29, 1.82) is 0 Å². The minimum Gasteiger partial charge on any atom is -0.478 e. The number of nitrogens with zero attached hydrogens (tertiary/aromatic N) is 2. The van der Waals surface area contributed by atoms with E-state index in [4.69, 9.17) is 16.3 Å². The van der Waals surface area contributed by atoms with E-state index in [0.29, 0.717) is 28.8 Å². The Labute approximate surface area is 158 Å². The first-order valence-corrected chi connectivity index (χ1v) is 8.94. The molecule has 2 N–H and O–H groups in total. The minimum absolute atomic E-state index is 0.0656. The van der Waals surface area contributed by atoms with Crippen LogP contribution in [0.1, 0.15) is 24.3 Å². The van der Waals surface area contributed by atoms with Gasteiger partial charge in [0.05, 0.1) is 21.8 Å². The van der Waals surface area contributed by atoms with Crippen LogP contribution in [0.2, 0.25) is 5.02 Å². The van der Waals surface area contributed by atoms with Gasteiger partial charge in [0.2, 0.25) is 11.8 Å². The van der Waals surface area contributed by atoms with Gasteiger partial charge in [0.15, 0.2) is 10.8 Å². The van der Waals surface area contributed by atoms with Crippen molar-refractivity contribution in [1.82, 2.24) is 9.97 Å². The van der Waals surface area contributed by atoms with Crippen LogP contribution in [-0.4, -0.2) is 28.4 Å². The van der Waals surface area contributed by atoms with E-state index in [-0.39, 0.29) is 16.6 Å². The summed E-state index contributed by atoms with van der Waals surface area (Å²) >= 11 is 7.35. The van der Waals surface area contributed by atoms with Crippen molar-refractivity contribution in [3.63, 3.8) is 0 Å². The normalized spacial score (nSPS) is 10.6. The Morgan fingerprint density at radius 3 is 2.73 bits per heavy atom. The predicted molar refractivity (Wildman–Crippen MR) is 102 cm³/mol. The first-order chi connectivity index (χ1) is 12.5. The molecule has 0 saturated carbocycles. The second-order valence-corrected chi connectivity index (χ2v) is 6.69. The van der Waals surface area contributed by atoms with E-state index in [1.54, 1.807) is 30.3 Å². The van der Waals surface area contributed by atoms with Crippen molar-refractivity contribution in [2.75, 3.05) is 17.2 Å². The number of carbonyl (C=O) groups is 2. The minimum atomic E-state index is -0.474. The number of carbonyl (C=O) groups excluding carboxylic acids is 2. The van der Waals surface area contributed by atoms with Gasteiger partial charge in [-0.15, -0.1) is 0 Å². The Morgan fingerprint density at radius 1 is 1.19 bits per heavy atom. The van der Waals surface area contributed by atoms with Gasteiger partial charge in [-0.25, -0.2) is 9.97 Å². The molecule has 0 unspecified atom stereocenters. The number of ether oxygens (including phenoxy) is 1. The van der Waals surface area contributed by atoms with Crippen LogP contribution in [0.15, 0.2) is 30.3 Å². The van der Waals surface area contributed by atoms with Crippen molar-refractivity contribution >= 4 is 55.8 Å². The van der Waals surface area contributed by atoms with Crippen molar-refractivity contribution in [2.24, 2.45) is 0 Å². The molecule has 7 nitrogen and oxygen atoms in total. The lowest BCUT2D eigenvalue weighted by Crippen LogP contribution is -2.14. The average molecular weight is 391 g/mol. The monoisotopic (exact) mass is 390 g/mol. The number of pyridine rings is 1. The SMILES string of the molecule is CCOc1ccc(Cl)c(C(=O)Nc2nc3ccc(NC(C)=O)cc3s2)n1. The van der Waals surface area contributed by atoms with Crippen LogP contribution in [0.3, 0.4) is 0 Å². The molecule has 2 heterocycles. The summed E-state index contributed by atoms with van der Waals surface area (Å²) in [6.45, 7) is 3.70. The van der Waals surface area contributed by atoms with Crippen LogP contribution in [0, 0.1) is 0 Å². The second kappa shape index (κ2) is 7.67. The number of thiazole rings is 1. The molecule has 1 aromatic carbocycles. The number of halogens is 1. The summed E-state index contributed by atoms with van der Waals surface area (Å²) in [5.41, 5.74) is 1.44. The van der Waals surface area contributed by atoms with Gasteiger partial charge in [0, 0.05) is 18.7 Å². The van der Waals surface area contributed by atoms with E-state index in [1.807, 2.05) is 6.92 Å². The number of nitrogens with one attached hydrogen (secondary N) is 2. The molecule has 9 heteroatoms. The Balaban J connectivity index is 1.83. The molecule has 2 amide bonds. The van der Waals surface area contributed by atoms with Gasteiger partial charge in [-0.05, 0) is 31.2 Å². The van der Waals surface area contributed by atoms with Crippen LogP contribution in [-0.2, 0) is 4.79 Å². The zero-order valence-corrected chi connectivity index (χ0v) is 15.6. The van der Waals surface area contributed by atoms with Crippen molar-refractivity contribution in [3.05, 3.63) is 41.0 Å². The van der Waals surface area contributed by atoms with Crippen LogP contribution in [0.4, 0.5) is 10.8 Å². The first kappa shape index (κ1) is 18.1. The number of amides is 2. The van der Waals surface area contributed by atoms with Gasteiger partial charge in [-0.1, -0.05) is 22.9 Å². The lowest BCUT2D eigenvalue weighted by Gasteiger charge is -2.06. The Morgan fingerprint density at radius 2 is 2.00 bits per heavy atom. The van der Waals surface area contributed by atoms with Gasteiger partial charge in [0.1, 0.15) is 0 Å². The number of anilines is 2. The Kier molecular flexibility index (Phi) is 5.34. The van der Waals surface area contributed by atoms with E-state index in [2.05, 4.69) is 20.6 Å². The van der Waals surface area contributed by atoms with Crippen molar-refractivity contribution in [2.45, 2.75) is 13.8 Å². The molecule has 0 radical (unpaired) electrons. The number of hydrogen-bond acceptors (Lipinski definition) is 6. The molecule has 0 aliphatic rings. The predicted octanol–water partition coefficient (Wildman–Crippen LogP) is 3.95. The summed E-state index contributed by atoms with van der Waals surface area (Å²) in [4.78, 5) is 32.1. The number of rotatable bonds is 5. The Bertz CT molecular complexity index is 989. The highest BCUT2D eigenvalue weighted by molar-refractivity contribution is 7.22. The third-order valence-corrected chi connectivity index (χ3v) is 4.50. The van der Waals surface area contributed by atoms with Gasteiger partial charge in [-0.2, -0.15) is 0 Å². The van der Waals surface area contributed by atoms with E-state index >= 15 is 0 Å². The van der Waals surface area contributed by atoms with E-state index in [9.17, 15) is 9.59 Å². The number of hydrogen-bond donors (Lipinski definition) is 2. The molecular weight excluding hydrogens is 376 g/mol. The zero-order valence-electron chi connectivity index (χ0n) is 14.0. The molecule has 0 spiro atoms. The first-order valence-electron chi connectivity index (χ1n) is 7.75. The molecule has 3 rings (SSSR count). The molecule has 0 aliphatic carbocycles. The highest BCUT2D eigenvalue weighted by atomic mass is 35.5. The average Bonchev–Trinajstić information content (AvgIpc) is 2.97. The third-order valence-electron chi connectivity index (χ3n) is 3.26. The third kappa shape index (κ3) is 4.09. The molecular formula is C17H15ClN4O3S. The van der Waals surface area contributed by atoms with Crippen LogP contribution in [0.25, 0.3) is 10.2 Å². The molecule has 0 atom stereocenters. The lowest BCUT2D eigenvalue weighted by molar-refractivity contribution is -0.114. The molecule has 0 aliphatic heterocycles. The fourth-order valence-corrected chi connectivity index (χ4v) is 3.32. The molecule has 0 saturated heterocycles. The smallest absolute Gasteiger partial charge is 0.277 e. The van der Waals surface area contributed by atoms with Gasteiger partial charge in [0.25, 0.3) is 5.91 Å². The summed E-state index contributed by atoms with van der Waals surface area (Å²) in [5, 5.41) is 6.04. The summed E-state index contributed by atoms with van der Waals surface area (Å²) in [7, 11) is 0. The summed E-state index contributed by atoms with van der Waals surface area (Å²) < 4.78 is 6.12. The summed E-state index contributed by atoms with van der Waals surface area (Å²) in [5.74, 6) is -0.304. The van der Waals surface area contributed by atoms with Crippen LogP contribution < -0.4 is 15.4 Å².